The van der Waals surface area contributed by atoms with Crippen LogP contribution in [0.4, 0.5) is 23.2 Å². The number of hydrogen-bond acceptors (Lipinski definition) is 2. The number of anilines is 1. The van der Waals surface area contributed by atoms with Crippen molar-refractivity contribution >= 4 is 11.6 Å². The Balaban J connectivity index is 2.19. The third kappa shape index (κ3) is 2.62. The average molecular weight is 325 g/mol. The van der Waals surface area contributed by atoms with Crippen LogP contribution in [-0.2, 0) is 19.3 Å². The van der Waals surface area contributed by atoms with Gasteiger partial charge in [-0.3, -0.25) is 4.79 Å². The van der Waals surface area contributed by atoms with Gasteiger partial charge in [0.15, 0.2) is 5.82 Å². The summed E-state index contributed by atoms with van der Waals surface area (Å²) in [5.74, 6) is -2.68. The molecule has 0 aliphatic carbocycles. The number of amides is 1. The summed E-state index contributed by atoms with van der Waals surface area (Å²) >= 11 is 0. The average Bonchev–Trinajstić information content (AvgIpc) is 2.88. The van der Waals surface area contributed by atoms with E-state index in [-0.39, 0.29) is 13.1 Å². The van der Waals surface area contributed by atoms with Gasteiger partial charge in [0.25, 0.3) is 5.91 Å². The van der Waals surface area contributed by atoms with Crippen molar-refractivity contribution in [3.05, 3.63) is 64.4 Å². The Morgan fingerprint density at radius 2 is 1.74 bits per heavy atom. The minimum absolute atomic E-state index is 0.0751. The summed E-state index contributed by atoms with van der Waals surface area (Å²) in [5.41, 5.74) is 3.71. The van der Waals surface area contributed by atoms with Crippen LogP contribution in [0.15, 0.2) is 36.4 Å². The maximum absolute atomic E-state index is 14.7. The Labute approximate surface area is 130 Å². The molecule has 2 N–H and O–H groups in total. The highest BCUT2D eigenvalue weighted by Crippen LogP contribution is 2.41. The predicted molar refractivity (Wildman–Crippen MR) is 76.2 cm³/mol. The van der Waals surface area contributed by atoms with Gasteiger partial charge >= 0.3 is 6.18 Å². The second kappa shape index (κ2) is 5.26. The standard InChI is InChI=1S/C16H12F4N2O/c17-13-11(15(21)23)5-6-12(16(18,19)20)14(13)22-7-9-3-1-2-4-10(9)8-22/h1-6H,7-8H2,(H2,21,23)/i5D. The van der Waals surface area contributed by atoms with Gasteiger partial charge in [0.1, 0.15) is 0 Å². The van der Waals surface area contributed by atoms with Crippen LogP contribution in [0.25, 0.3) is 0 Å². The monoisotopic (exact) mass is 325 g/mol. The van der Waals surface area contributed by atoms with Crippen LogP contribution in [0, 0.1) is 5.82 Å². The normalized spacial score (nSPS) is 14.6. The molecule has 0 saturated carbocycles. The van der Waals surface area contributed by atoms with E-state index in [1.165, 1.54) is 4.90 Å². The third-order valence-corrected chi connectivity index (χ3v) is 3.75. The fourth-order valence-electron chi connectivity index (χ4n) is 2.71. The summed E-state index contributed by atoms with van der Waals surface area (Å²) in [6.45, 7) is 0.150. The molecule has 1 amide bonds. The van der Waals surface area contributed by atoms with Gasteiger partial charge in [-0.2, -0.15) is 13.2 Å². The predicted octanol–water partition coefficient (Wildman–Crippen LogP) is 3.46. The van der Waals surface area contributed by atoms with Crippen molar-refractivity contribution in [1.29, 1.82) is 0 Å². The highest BCUT2D eigenvalue weighted by molar-refractivity contribution is 5.94. The van der Waals surface area contributed by atoms with E-state index >= 15 is 0 Å². The molecule has 0 spiro atoms. The zero-order chi connectivity index (χ0) is 17.6. The van der Waals surface area contributed by atoms with Crippen molar-refractivity contribution in [2.24, 2.45) is 5.73 Å². The molecule has 23 heavy (non-hydrogen) atoms. The first-order valence-electron chi connectivity index (χ1n) is 7.22. The molecule has 0 saturated heterocycles. The number of carbonyl (C=O) groups is 1. The van der Waals surface area contributed by atoms with Crippen LogP contribution < -0.4 is 10.6 Å². The summed E-state index contributed by atoms with van der Waals surface area (Å²) in [5, 5.41) is 0. The molecule has 2 aromatic carbocycles. The maximum Gasteiger partial charge on any atom is 0.418 e. The van der Waals surface area contributed by atoms with E-state index in [1.807, 2.05) is 0 Å². The molecule has 0 unspecified atom stereocenters. The van der Waals surface area contributed by atoms with Crippen molar-refractivity contribution in [3.63, 3.8) is 0 Å². The van der Waals surface area contributed by atoms with Crippen LogP contribution in [0.1, 0.15) is 28.4 Å². The van der Waals surface area contributed by atoms with Gasteiger partial charge in [-0.05, 0) is 23.2 Å². The molecule has 120 valence electrons. The summed E-state index contributed by atoms with van der Waals surface area (Å²) in [4.78, 5) is 12.6. The van der Waals surface area contributed by atoms with E-state index in [2.05, 4.69) is 0 Å². The smallest absolute Gasteiger partial charge is 0.366 e. The maximum atomic E-state index is 14.7. The van der Waals surface area contributed by atoms with Crippen LogP contribution in [0.3, 0.4) is 0 Å². The van der Waals surface area contributed by atoms with Crippen molar-refractivity contribution < 1.29 is 23.7 Å². The molecule has 0 atom stereocenters. The van der Waals surface area contributed by atoms with Gasteiger partial charge in [0, 0.05) is 13.1 Å². The molecular formula is C16H12F4N2O. The molecule has 0 aromatic heterocycles. The van der Waals surface area contributed by atoms with Gasteiger partial charge in [-0.1, -0.05) is 24.3 Å². The van der Waals surface area contributed by atoms with Crippen molar-refractivity contribution in [3.8, 4) is 0 Å². The number of hydrogen-bond donors (Lipinski definition) is 1. The fraction of sp³-hybridized carbons (Fsp3) is 0.188. The third-order valence-electron chi connectivity index (χ3n) is 3.75. The molecule has 1 heterocycles. The number of rotatable bonds is 2. The van der Waals surface area contributed by atoms with E-state index < -0.39 is 40.8 Å². The minimum atomic E-state index is -4.86. The zero-order valence-corrected chi connectivity index (χ0v) is 11.7. The topological polar surface area (TPSA) is 46.3 Å². The van der Waals surface area contributed by atoms with Gasteiger partial charge in [-0.25, -0.2) is 4.39 Å². The number of nitrogens with zero attached hydrogens (tertiary/aromatic N) is 1. The Kier molecular flexibility index (Phi) is 3.21. The lowest BCUT2D eigenvalue weighted by Crippen LogP contribution is -2.24. The Hall–Kier alpha value is -2.57. The van der Waals surface area contributed by atoms with E-state index in [0.717, 1.165) is 11.1 Å². The summed E-state index contributed by atoms with van der Waals surface area (Å²) < 4.78 is 62.2. The lowest BCUT2D eigenvalue weighted by atomic mass is 10.1. The van der Waals surface area contributed by atoms with Crippen molar-refractivity contribution in [2.75, 3.05) is 4.90 Å². The number of benzene rings is 2. The summed E-state index contributed by atoms with van der Waals surface area (Å²) in [6, 6.07) is 6.54. The SMILES string of the molecule is [2H]c1cc(C(F)(F)F)c(N2Cc3ccccc3C2)c(F)c1C(N)=O. The Morgan fingerprint density at radius 1 is 1.17 bits per heavy atom. The highest BCUT2D eigenvalue weighted by Gasteiger charge is 2.38. The van der Waals surface area contributed by atoms with Crippen LogP contribution in [-0.4, -0.2) is 5.91 Å². The highest BCUT2D eigenvalue weighted by atomic mass is 19.4. The van der Waals surface area contributed by atoms with Gasteiger partial charge in [0.05, 0.1) is 18.2 Å². The number of halogens is 4. The van der Waals surface area contributed by atoms with Crippen molar-refractivity contribution in [2.45, 2.75) is 19.3 Å². The fourth-order valence-corrected chi connectivity index (χ4v) is 2.71. The number of carbonyl (C=O) groups excluding carboxylic acids is 1. The first kappa shape index (κ1) is 14.0. The molecule has 1 aliphatic heterocycles. The largest absolute Gasteiger partial charge is 0.418 e. The molecule has 1 aliphatic rings. The lowest BCUT2D eigenvalue weighted by Gasteiger charge is -2.24. The summed E-state index contributed by atoms with van der Waals surface area (Å²) in [7, 11) is 0. The Morgan fingerprint density at radius 3 is 2.22 bits per heavy atom. The number of primary amides is 1. The van der Waals surface area contributed by atoms with Crippen LogP contribution >= 0.6 is 0 Å². The first-order chi connectivity index (χ1) is 11.2. The molecule has 0 bridgehead atoms. The first-order valence-corrected chi connectivity index (χ1v) is 6.72. The van der Waals surface area contributed by atoms with Crippen molar-refractivity contribution in [1.82, 2.24) is 0 Å². The molecule has 3 nitrogen and oxygen atoms in total. The number of nitrogens with two attached hydrogens (primary N) is 1. The van der Waals surface area contributed by atoms with E-state index in [9.17, 15) is 22.4 Å². The van der Waals surface area contributed by atoms with Crippen LogP contribution in [0.2, 0.25) is 0 Å². The number of alkyl halides is 3. The molecule has 7 heteroatoms. The van der Waals surface area contributed by atoms with Gasteiger partial charge in [0.2, 0.25) is 0 Å². The lowest BCUT2D eigenvalue weighted by molar-refractivity contribution is -0.137. The zero-order valence-electron chi connectivity index (χ0n) is 12.7. The van der Waals surface area contributed by atoms with E-state index in [0.29, 0.717) is 6.07 Å². The quantitative estimate of drug-likeness (QED) is 0.860. The Bertz CT molecular complexity index is 811. The number of fused-ring (bicyclic) bond motifs is 1. The molecule has 3 rings (SSSR count). The van der Waals surface area contributed by atoms with Gasteiger partial charge < -0.3 is 10.6 Å². The van der Waals surface area contributed by atoms with Crippen LogP contribution in [0.5, 0.6) is 0 Å². The minimum Gasteiger partial charge on any atom is -0.366 e. The second-order valence-corrected chi connectivity index (χ2v) is 5.23. The summed E-state index contributed by atoms with van der Waals surface area (Å²) in [6.07, 6.45) is -4.86. The van der Waals surface area contributed by atoms with E-state index in [4.69, 9.17) is 7.10 Å². The molecule has 0 fully saturated rings. The molecule has 2 aromatic rings. The van der Waals surface area contributed by atoms with E-state index in [1.54, 1.807) is 24.3 Å². The second-order valence-electron chi connectivity index (χ2n) is 5.23. The molecular weight excluding hydrogens is 312 g/mol. The molecule has 0 radical (unpaired) electrons. The van der Waals surface area contributed by atoms with Gasteiger partial charge in [-0.15, -0.1) is 0 Å².